The Kier molecular flexibility index (Phi) is 10.4. The van der Waals surface area contributed by atoms with Crippen LogP contribution in [0.15, 0.2) is 60.9 Å². The zero-order chi connectivity index (χ0) is 28.5. The van der Waals surface area contributed by atoms with Gasteiger partial charge in [-0.1, -0.05) is 31.2 Å². The summed E-state index contributed by atoms with van der Waals surface area (Å²) in [4.78, 5) is 30.6. The van der Waals surface area contributed by atoms with Crippen LogP contribution in [0, 0.1) is 5.82 Å². The van der Waals surface area contributed by atoms with Gasteiger partial charge in [0, 0.05) is 43.7 Å². The highest BCUT2D eigenvalue weighted by atomic mass is 19.1. The van der Waals surface area contributed by atoms with Gasteiger partial charge < -0.3 is 20.4 Å². The van der Waals surface area contributed by atoms with E-state index < -0.39 is 6.04 Å². The number of carbonyl (C=O) groups excluding carboxylic acids is 2. The molecular weight excluding hydrogens is 509 g/mol. The van der Waals surface area contributed by atoms with Crippen molar-refractivity contribution in [2.24, 2.45) is 0 Å². The summed E-state index contributed by atoms with van der Waals surface area (Å²) in [6, 6.07) is 13.5. The summed E-state index contributed by atoms with van der Waals surface area (Å²) in [5.74, 6) is -0.114. The quantitative estimate of drug-likeness (QED) is 0.377. The molecule has 2 aliphatic rings. The number of benzene rings is 2. The van der Waals surface area contributed by atoms with Crippen LogP contribution in [0.2, 0.25) is 0 Å². The number of hydrogen-bond acceptors (Lipinski definition) is 6. The van der Waals surface area contributed by atoms with Gasteiger partial charge in [-0.2, -0.15) is 0 Å². The molecule has 3 aromatic rings. The van der Waals surface area contributed by atoms with Gasteiger partial charge in [-0.25, -0.2) is 9.07 Å². The molecule has 0 bridgehead atoms. The van der Waals surface area contributed by atoms with E-state index in [0.29, 0.717) is 37.0 Å². The average Bonchev–Trinajstić information content (AvgIpc) is 3.54. The smallest absolute Gasteiger partial charge is 0.251 e. The van der Waals surface area contributed by atoms with Crippen LogP contribution in [0.1, 0.15) is 54.9 Å². The topological polar surface area (TPSA) is 95.4 Å². The number of nitrogens with one attached hydrogen (secondary N) is 2. The van der Waals surface area contributed by atoms with Gasteiger partial charge >= 0.3 is 0 Å². The Morgan fingerprint density at radius 3 is 2.38 bits per heavy atom. The third-order valence-corrected chi connectivity index (χ3v) is 7.40. The normalized spacial score (nSPS) is 19.4. The van der Waals surface area contributed by atoms with Gasteiger partial charge in [-0.15, -0.1) is 5.10 Å². The second kappa shape index (κ2) is 14.1. The van der Waals surface area contributed by atoms with Crippen molar-refractivity contribution in [2.75, 3.05) is 39.8 Å². The van der Waals surface area contributed by atoms with Gasteiger partial charge in [0.15, 0.2) is 0 Å². The Morgan fingerprint density at radius 1 is 1.02 bits per heavy atom. The summed E-state index contributed by atoms with van der Waals surface area (Å²) >= 11 is 0. The molecule has 2 aromatic carbocycles. The maximum atomic E-state index is 13.4. The summed E-state index contributed by atoms with van der Waals surface area (Å²) in [6.45, 7) is 7.72. The number of nitrogens with zero attached hydrogens (tertiary/aromatic N) is 5. The number of carbonyl (C=O) groups is 2. The fraction of sp³-hybridized carbons (Fsp3) is 0.467. The molecule has 9 nitrogen and oxygen atoms in total. The van der Waals surface area contributed by atoms with Crippen LogP contribution in [-0.2, 0) is 4.79 Å². The van der Waals surface area contributed by atoms with E-state index in [1.165, 1.54) is 12.1 Å². The molecule has 2 fully saturated rings. The first-order valence-electron chi connectivity index (χ1n) is 14.2. The van der Waals surface area contributed by atoms with E-state index in [-0.39, 0.29) is 17.6 Å². The van der Waals surface area contributed by atoms with Crippen molar-refractivity contribution in [2.45, 2.75) is 51.1 Å². The molecule has 1 unspecified atom stereocenters. The van der Waals surface area contributed by atoms with Crippen molar-refractivity contribution in [3.05, 3.63) is 77.9 Å². The number of aromatic nitrogens is 3. The predicted molar refractivity (Wildman–Crippen MR) is 153 cm³/mol. The van der Waals surface area contributed by atoms with Gasteiger partial charge in [0.1, 0.15) is 11.9 Å². The summed E-state index contributed by atoms with van der Waals surface area (Å²) < 4.78 is 14.8. The van der Waals surface area contributed by atoms with Crippen molar-refractivity contribution < 1.29 is 14.0 Å². The zero-order valence-electron chi connectivity index (χ0n) is 23.6. The first-order valence-corrected chi connectivity index (χ1v) is 14.2. The molecule has 2 N–H and O–H groups in total. The largest absolute Gasteiger partial charge is 0.340 e. The van der Waals surface area contributed by atoms with Crippen LogP contribution < -0.4 is 10.6 Å². The third-order valence-electron chi connectivity index (χ3n) is 7.40. The van der Waals surface area contributed by atoms with Crippen LogP contribution in [0.3, 0.4) is 0 Å². The molecule has 3 atom stereocenters. The Hall–Kier alpha value is -3.63. The molecule has 1 aromatic heterocycles. The summed E-state index contributed by atoms with van der Waals surface area (Å²) in [5, 5.41) is 14.3. The van der Waals surface area contributed by atoms with Crippen molar-refractivity contribution in [1.29, 1.82) is 0 Å². The Bertz CT molecular complexity index is 1210. The van der Waals surface area contributed by atoms with Crippen molar-refractivity contribution >= 4 is 11.8 Å². The number of amides is 2. The van der Waals surface area contributed by atoms with Crippen LogP contribution >= 0.6 is 0 Å². The van der Waals surface area contributed by atoms with E-state index in [2.05, 4.69) is 25.8 Å². The third kappa shape index (κ3) is 7.73. The minimum absolute atomic E-state index is 0.0266. The molecule has 214 valence electrons. The first-order chi connectivity index (χ1) is 19.5. The summed E-state index contributed by atoms with van der Waals surface area (Å²) in [5.41, 5.74) is 2.44. The summed E-state index contributed by atoms with van der Waals surface area (Å²) in [6.07, 6.45) is 5.65. The van der Waals surface area contributed by atoms with Gasteiger partial charge in [-0.05, 0) is 74.8 Å². The van der Waals surface area contributed by atoms with Gasteiger partial charge in [0.25, 0.3) is 5.91 Å². The van der Waals surface area contributed by atoms with Crippen LogP contribution in [0.5, 0.6) is 0 Å². The van der Waals surface area contributed by atoms with Crippen LogP contribution in [0.4, 0.5) is 4.39 Å². The van der Waals surface area contributed by atoms with Crippen molar-refractivity contribution in [3.8, 4) is 5.69 Å². The maximum Gasteiger partial charge on any atom is 0.251 e. The molecule has 0 radical (unpaired) electrons. The highest BCUT2D eigenvalue weighted by Crippen LogP contribution is 2.40. The van der Waals surface area contributed by atoms with E-state index in [0.717, 1.165) is 43.7 Å². The molecule has 1 aliphatic carbocycles. The highest BCUT2D eigenvalue weighted by molar-refractivity contribution is 5.97. The lowest BCUT2D eigenvalue weighted by Crippen LogP contribution is -2.54. The number of piperazine rings is 1. The zero-order valence-corrected chi connectivity index (χ0v) is 23.6. The highest BCUT2D eigenvalue weighted by Gasteiger charge is 2.37. The molecule has 2 heterocycles. The fourth-order valence-electron chi connectivity index (χ4n) is 4.95. The molecule has 1 saturated carbocycles. The van der Waals surface area contributed by atoms with E-state index in [9.17, 15) is 14.0 Å². The van der Waals surface area contributed by atoms with E-state index in [1.54, 1.807) is 41.3 Å². The maximum absolute atomic E-state index is 13.4. The molecule has 5 rings (SSSR count). The molecule has 40 heavy (non-hydrogen) atoms. The Balaban J connectivity index is 0.00000181. The van der Waals surface area contributed by atoms with Crippen molar-refractivity contribution in [1.82, 2.24) is 35.4 Å². The number of rotatable bonds is 10. The lowest BCUT2D eigenvalue weighted by Gasteiger charge is -2.34. The average molecular weight is 550 g/mol. The molecule has 10 heteroatoms. The van der Waals surface area contributed by atoms with E-state index in [4.69, 9.17) is 0 Å². The van der Waals surface area contributed by atoms with Gasteiger partial charge in [0.05, 0.1) is 18.1 Å². The molecule has 1 aliphatic heterocycles. The van der Waals surface area contributed by atoms with Gasteiger partial charge in [0.2, 0.25) is 5.91 Å². The second-order valence-corrected chi connectivity index (χ2v) is 10.1. The minimum atomic E-state index is -0.588. The van der Waals surface area contributed by atoms with E-state index in [1.807, 2.05) is 37.9 Å². The van der Waals surface area contributed by atoms with Crippen molar-refractivity contribution in [3.63, 3.8) is 0 Å². The lowest BCUT2D eigenvalue weighted by atomic mass is 10.1. The molecule has 0 spiro atoms. The number of halogens is 1. The standard InChI is InChI=1S/C28H34FN7O2.C2H6/c1-34-15-17-35(18-16-34)28(38)25(3-2-12-30-26-19-24(26)20-4-8-22(29)9-5-20)32-27(37)21-6-10-23(11-7-21)36-14-13-31-33-36;1-2/h4-11,13-14,24-26,30H,2-3,12,15-19H2,1H3,(H,32,37);1-2H3/t24-,25-,26?;/m0./s1. The summed E-state index contributed by atoms with van der Waals surface area (Å²) in [7, 11) is 2.05. The fourth-order valence-corrected chi connectivity index (χ4v) is 4.95. The minimum Gasteiger partial charge on any atom is -0.340 e. The first kappa shape index (κ1) is 29.4. The molecule has 2 amide bonds. The number of hydrogen-bond donors (Lipinski definition) is 2. The predicted octanol–water partition coefficient (Wildman–Crippen LogP) is 3.23. The van der Waals surface area contributed by atoms with Crippen LogP contribution in [0.25, 0.3) is 5.69 Å². The Morgan fingerprint density at radius 2 is 1.73 bits per heavy atom. The second-order valence-electron chi connectivity index (χ2n) is 10.1. The molecule has 1 saturated heterocycles. The van der Waals surface area contributed by atoms with Crippen LogP contribution in [-0.4, -0.2) is 88.5 Å². The van der Waals surface area contributed by atoms with E-state index >= 15 is 0 Å². The molecular formula is C30H40FN7O2. The monoisotopic (exact) mass is 549 g/mol. The SMILES string of the molecule is CC.CN1CCN(C(=O)[C@H](CCCNC2C[C@H]2c2ccc(F)cc2)NC(=O)c2ccc(-n3ccnn3)cc2)CC1. The lowest BCUT2D eigenvalue weighted by molar-refractivity contribution is -0.135. The number of likely N-dealkylation sites (N-methyl/N-ethyl adjacent to an activating group) is 1. The van der Waals surface area contributed by atoms with Gasteiger partial charge in [-0.3, -0.25) is 9.59 Å². The Labute approximate surface area is 235 Å².